The van der Waals surface area contributed by atoms with Crippen LogP contribution in [0.3, 0.4) is 0 Å². The Morgan fingerprint density at radius 2 is 1.52 bits per heavy atom. The van der Waals surface area contributed by atoms with Crippen LogP contribution in [0, 0.1) is 13.8 Å². The number of amides is 1. The molecule has 1 saturated heterocycles. The molecule has 0 radical (unpaired) electrons. The maximum atomic E-state index is 12.5. The smallest absolute Gasteiger partial charge is 0.257 e. The molecule has 1 aliphatic rings. The SMILES string of the molecule is Cc1cc(C)cc(NC(=O)c2ccc(N3CCN(c4ccccn4)CC3)nc2)c1. The fourth-order valence-electron chi connectivity index (χ4n) is 3.66. The maximum absolute atomic E-state index is 12.5. The second-order valence-electron chi connectivity index (χ2n) is 7.40. The lowest BCUT2D eigenvalue weighted by Crippen LogP contribution is -2.47. The Labute approximate surface area is 171 Å². The summed E-state index contributed by atoms with van der Waals surface area (Å²) in [5.41, 5.74) is 3.61. The zero-order chi connectivity index (χ0) is 20.2. The van der Waals surface area contributed by atoms with Crippen LogP contribution in [-0.2, 0) is 0 Å². The molecule has 0 aliphatic carbocycles. The van der Waals surface area contributed by atoms with Gasteiger partial charge in [0.2, 0.25) is 0 Å². The Morgan fingerprint density at radius 1 is 0.862 bits per heavy atom. The molecule has 0 spiro atoms. The second kappa shape index (κ2) is 8.31. The molecule has 148 valence electrons. The van der Waals surface area contributed by atoms with Gasteiger partial charge in [0.05, 0.1) is 5.56 Å². The van der Waals surface area contributed by atoms with E-state index < -0.39 is 0 Å². The third-order valence-electron chi connectivity index (χ3n) is 5.07. The highest BCUT2D eigenvalue weighted by atomic mass is 16.1. The first-order valence-electron chi connectivity index (χ1n) is 9.85. The summed E-state index contributed by atoms with van der Waals surface area (Å²) in [6.07, 6.45) is 3.48. The van der Waals surface area contributed by atoms with E-state index in [0.717, 1.165) is 54.6 Å². The summed E-state index contributed by atoms with van der Waals surface area (Å²) in [5.74, 6) is 1.76. The van der Waals surface area contributed by atoms with Crippen molar-refractivity contribution < 1.29 is 4.79 Å². The predicted octanol–water partition coefficient (Wildman–Crippen LogP) is 3.67. The van der Waals surface area contributed by atoms with Crippen molar-refractivity contribution in [3.63, 3.8) is 0 Å². The number of carbonyl (C=O) groups excluding carboxylic acids is 1. The van der Waals surface area contributed by atoms with E-state index in [1.165, 1.54) is 0 Å². The number of aryl methyl sites for hydroxylation is 2. The van der Waals surface area contributed by atoms with Gasteiger partial charge in [-0.1, -0.05) is 12.1 Å². The predicted molar refractivity (Wildman–Crippen MR) is 117 cm³/mol. The van der Waals surface area contributed by atoms with Gasteiger partial charge < -0.3 is 15.1 Å². The fraction of sp³-hybridized carbons (Fsp3) is 0.261. The molecule has 6 heteroatoms. The quantitative estimate of drug-likeness (QED) is 0.740. The van der Waals surface area contributed by atoms with E-state index >= 15 is 0 Å². The van der Waals surface area contributed by atoms with Crippen molar-refractivity contribution in [2.45, 2.75) is 13.8 Å². The number of nitrogens with one attached hydrogen (secondary N) is 1. The van der Waals surface area contributed by atoms with Crippen molar-refractivity contribution in [3.8, 4) is 0 Å². The average molecular weight is 387 g/mol. The van der Waals surface area contributed by atoms with Gasteiger partial charge in [-0.2, -0.15) is 0 Å². The van der Waals surface area contributed by atoms with E-state index in [-0.39, 0.29) is 5.91 Å². The number of aromatic nitrogens is 2. The lowest BCUT2D eigenvalue weighted by Gasteiger charge is -2.36. The van der Waals surface area contributed by atoms with Gasteiger partial charge in [-0.05, 0) is 61.4 Å². The first kappa shape index (κ1) is 18.9. The average Bonchev–Trinajstić information content (AvgIpc) is 2.74. The monoisotopic (exact) mass is 387 g/mol. The highest BCUT2D eigenvalue weighted by Gasteiger charge is 2.19. The normalized spacial score (nSPS) is 14.0. The molecular formula is C23H25N5O. The molecule has 2 aromatic heterocycles. The van der Waals surface area contributed by atoms with E-state index in [0.29, 0.717) is 5.56 Å². The van der Waals surface area contributed by atoms with E-state index in [1.807, 2.05) is 62.5 Å². The highest BCUT2D eigenvalue weighted by molar-refractivity contribution is 6.04. The molecule has 0 atom stereocenters. The van der Waals surface area contributed by atoms with Gasteiger partial charge in [0.1, 0.15) is 11.6 Å². The van der Waals surface area contributed by atoms with Gasteiger partial charge in [0.25, 0.3) is 5.91 Å². The molecule has 0 bridgehead atoms. The molecule has 6 nitrogen and oxygen atoms in total. The minimum Gasteiger partial charge on any atom is -0.353 e. The van der Waals surface area contributed by atoms with Crippen LogP contribution in [0.15, 0.2) is 60.9 Å². The van der Waals surface area contributed by atoms with Crippen molar-refractivity contribution in [1.29, 1.82) is 0 Å². The summed E-state index contributed by atoms with van der Waals surface area (Å²) >= 11 is 0. The minimum atomic E-state index is -0.144. The molecular weight excluding hydrogens is 362 g/mol. The summed E-state index contributed by atoms with van der Waals surface area (Å²) in [6, 6.07) is 15.8. The number of pyridine rings is 2. The summed E-state index contributed by atoms with van der Waals surface area (Å²) in [5, 5.41) is 2.96. The number of carbonyl (C=O) groups is 1. The number of piperazine rings is 1. The maximum Gasteiger partial charge on any atom is 0.257 e. The Balaban J connectivity index is 1.37. The zero-order valence-corrected chi connectivity index (χ0v) is 16.8. The number of hydrogen-bond acceptors (Lipinski definition) is 5. The largest absolute Gasteiger partial charge is 0.353 e. The Kier molecular flexibility index (Phi) is 5.42. The van der Waals surface area contributed by atoms with Crippen LogP contribution in [-0.4, -0.2) is 42.1 Å². The van der Waals surface area contributed by atoms with Crippen molar-refractivity contribution in [3.05, 3.63) is 77.6 Å². The lowest BCUT2D eigenvalue weighted by molar-refractivity contribution is 0.102. The van der Waals surface area contributed by atoms with Crippen LogP contribution >= 0.6 is 0 Å². The van der Waals surface area contributed by atoms with Gasteiger partial charge in [0, 0.05) is 44.3 Å². The Hall–Kier alpha value is -3.41. The molecule has 1 amide bonds. The van der Waals surface area contributed by atoms with Crippen LogP contribution in [0.5, 0.6) is 0 Å². The molecule has 29 heavy (non-hydrogen) atoms. The van der Waals surface area contributed by atoms with Crippen molar-refractivity contribution >= 4 is 23.2 Å². The van der Waals surface area contributed by atoms with Crippen molar-refractivity contribution in [1.82, 2.24) is 9.97 Å². The van der Waals surface area contributed by atoms with E-state index in [9.17, 15) is 4.79 Å². The van der Waals surface area contributed by atoms with Crippen molar-refractivity contribution in [2.24, 2.45) is 0 Å². The molecule has 4 rings (SSSR count). The first-order valence-corrected chi connectivity index (χ1v) is 9.85. The van der Waals surface area contributed by atoms with Crippen LogP contribution < -0.4 is 15.1 Å². The van der Waals surface area contributed by atoms with Gasteiger partial charge in [0.15, 0.2) is 0 Å². The molecule has 3 heterocycles. The van der Waals surface area contributed by atoms with Gasteiger partial charge in [-0.15, -0.1) is 0 Å². The number of anilines is 3. The highest BCUT2D eigenvalue weighted by Crippen LogP contribution is 2.19. The molecule has 3 aromatic rings. The van der Waals surface area contributed by atoms with Crippen molar-refractivity contribution in [2.75, 3.05) is 41.3 Å². The van der Waals surface area contributed by atoms with Crippen LogP contribution in [0.2, 0.25) is 0 Å². The molecule has 0 saturated carbocycles. The minimum absolute atomic E-state index is 0.144. The number of rotatable bonds is 4. The van der Waals surface area contributed by atoms with Crippen LogP contribution in [0.1, 0.15) is 21.5 Å². The third-order valence-corrected chi connectivity index (χ3v) is 5.07. The number of nitrogens with zero attached hydrogens (tertiary/aromatic N) is 4. The van der Waals surface area contributed by atoms with Crippen LogP contribution in [0.4, 0.5) is 17.3 Å². The van der Waals surface area contributed by atoms with Gasteiger partial charge >= 0.3 is 0 Å². The van der Waals surface area contributed by atoms with Gasteiger partial charge in [-0.3, -0.25) is 4.79 Å². The van der Waals surface area contributed by atoms with E-state index in [4.69, 9.17) is 0 Å². The Morgan fingerprint density at radius 3 is 2.07 bits per heavy atom. The summed E-state index contributed by atoms with van der Waals surface area (Å²) in [4.78, 5) is 26.0. The zero-order valence-electron chi connectivity index (χ0n) is 16.8. The molecule has 1 fully saturated rings. The lowest BCUT2D eigenvalue weighted by atomic mass is 10.1. The van der Waals surface area contributed by atoms with Gasteiger partial charge in [-0.25, -0.2) is 9.97 Å². The molecule has 1 aromatic carbocycles. The topological polar surface area (TPSA) is 61.4 Å². The third kappa shape index (κ3) is 4.54. The summed E-state index contributed by atoms with van der Waals surface area (Å²) in [7, 11) is 0. The van der Waals surface area contributed by atoms with E-state index in [1.54, 1.807) is 6.20 Å². The second-order valence-corrected chi connectivity index (χ2v) is 7.40. The van der Waals surface area contributed by atoms with E-state index in [2.05, 4.69) is 31.2 Å². The number of benzene rings is 1. The standard InChI is InChI=1S/C23H25N5O/c1-17-13-18(2)15-20(14-17)26-23(29)19-6-7-22(25-16-19)28-11-9-27(10-12-28)21-5-3-4-8-24-21/h3-8,13-16H,9-12H2,1-2H3,(H,26,29). The Bertz CT molecular complexity index is 960. The molecule has 1 aliphatic heterocycles. The molecule has 1 N–H and O–H groups in total. The summed E-state index contributed by atoms with van der Waals surface area (Å²) < 4.78 is 0. The first-order chi connectivity index (χ1) is 14.1. The fourth-order valence-corrected chi connectivity index (χ4v) is 3.66. The number of hydrogen-bond donors (Lipinski definition) is 1. The summed E-state index contributed by atoms with van der Waals surface area (Å²) in [6.45, 7) is 7.58. The van der Waals surface area contributed by atoms with Crippen LogP contribution in [0.25, 0.3) is 0 Å². The molecule has 0 unspecified atom stereocenters.